The zero-order valence-corrected chi connectivity index (χ0v) is 14.7. The lowest BCUT2D eigenvalue weighted by atomic mass is 9.99. The largest absolute Gasteiger partial charge is 0.298 e. The van der Waals surface area contributed by atoms with Crippen LogP contribution in [0, 0.1) is 18.3 Å². The molecule has 0 aliphatic rings. The quantitative estimate of drug-likeness (QED) is 0.666. The van der Waals surface area contributed by atoms with Gasteiger partial charge < -0.3 is 0 Å². The summed E-state index contributed by atoms with van der Waals surface area (Å²) in [5.41, 5.74) is 3.72. The summed E-state index contributed by atoms with van der Waals surface area (Å²) >= 11 is 1.34. The van der Waals surface area contributed by atoms with Crippen molar-refractivity contribution in [1.82, 2.24) is 9.97 Å². The van der Waals surface area contributed by atoms with Gasteiger partial charge in [-0.3, -0.25) is 9.78 Å². The Morgan fingerprint density at radius 2 is 2.12 bits per heavy atom. The third kappa shape index (κ3) is 4.17. The van der Waals surface area contributed by atoms with Crippen molar-refractivity contribution >= 4 is 17.1 Å². The van der Waals surface area contributed by atoms with E-state index in [0.29, 0.717) is 23.5 Å². The molecule has 3 aromatic rings. The Balaban J connectivity index is 1.71. The second kappa shape index (κ2) is 7.82. The fourth-order valence-electron chi connectivity index (χ4n) is 2.60. The lowest BCUT2D eigenvalue weighted by Gasteiger charge is -2.06. The standard InChI is InChI=1S/C20H17N3OS/c1-14-5-4-6-15(11-14)8-9-19(24)16(12-21)20-23-18(13-25-20)17-7-2-3-10-22-17/h2-7,10-11,13,16H,8-9H2,1H3/t16-/m0/s1. The Hall–Kier alpha value is -2.84. The van der Waals surface area contributed by atoms with Gasteiger partial charge in [-0.2, -0.15) is 5.26 Å². The van der Waals surface area contributed by atoms with E-state index in [2.05, 4.69) is 22.1 Å². The number of hydrogen-bond acceptors (Lipinski definition) is 5. The van der Waals surface area contributed by atoms with Crippen LogP contribution in [0.5, 0.6) is 0 Å². The van der Waals surface area contributed by atoms with Crippen molar-refractivity contribution in [2.45, 2.75) is 25.7 Å². The van der Waals surface area contributed by atoms with Crippen LogP contribution in [0.2, 0.25) is 0 Å². The van der Waals surface area contributed by atoms with Crippen molar-refractivity contribution in [2.75, 3.05) is 0 Å². The van der Waals surface area contributed by atoms with Crippen LogP contribution in [0.1, 0.15) is 28.5 Å². The van der Waals surface area contributed by atoms with Crippen LogP contribution in [-0.2, 0) is 11.2 Å². The van der Waals surface area contributed by atoms with Crippen LogP contribution >= 0.6 is 11.3 Å². The van der Waals surface area contributed by atoms with Crippen molar-refractivity contribution in [3.8, 4) is 17.5 Å². The number of thiazole rings is 1. The monoisotopic (exact) mass is 347 g/mol. The van der Waals surface area contributed by atoms with E-state index in [1.165, 1.54) is 16.9 Å². The van der Waals surface area contributed by atoms with Gasteiger partial charge in [0.15, 0.2) is 11.7 Å². The number of ketones is 1. The Labute approximate surface area is 150 Å². The molecule has 1 aromatic carbocycles. The first-order valence-corrected chi connectivity index (χ1v) is 8.90. The molecule has 0 saturated heterocycles. The van der Waals surface area contributed by atoms with E-state index in [9.17, 15) is 10.1 Å². The first-order chi connectivity index (χ1) is 12.2. The summed E-state index contributed by atoms with van der Waals surface area (Å²) in [6.45, 7) is 2.03. The molecule has 1 atom stereocenters. The Bertz CT molecular complexity index is 912. The average Bonchev–Trinajstić information content (AvgIpc) is 3.11. The van der Waals surface area contributed by atoms with Gasteiger partial charge in [-0.05, 0) is 31.0 Å². The molecular formula is C20H17N3OS. The summed E-state index contributed by atoms with van der Waals surface area (Å²) in [6.07, 6.45) is 2.67. The number of rotatable bonds is 6. The van der Waals surface area contributed by atoms with E-state index >= 15 is 0 Å². The van der Waals surface area contributed by atoms with Crippen molar-refractivity contribution < 1.29 is 4.79 Å². The maximum absolute atomic E-state index is 12.5. The van der Waals surface area contributed by atoms with Crippen LogP contribution in [0.25, 0.3) is 11.4 Å². The molecule has 3 rings (SSSR count). The highest BCUT2D eigenvalue weighted by atomic mass is 32.1. The number of nitriles is 1. The summed E-state index contributed by atoms with van der Waals surface area (Å²) in [6, 6.07) is 15.8. The predicted molar refractivity (Wildman–Crippen MR) is 98.2 cm³/mol. The number of nitrogens with zero attached hydrogens (tertiary/aromatic N) is 3. The Kier molecular flexibility index (Phi) is 5.32. The van der Waals surface area contributed by atoms with Gasteiger partial charge in [0, 0.05) is 18.0 Å². The maximum Gasteiger partial charge on any atom is 0.157 e. The first-order valence-electron chi connectivity index (χ1n) is 8.02. The molecule has 0 bridgehead atoms. The smallest absolute Gasteiger partial charge is 0.157 e. The molecule has 4 nitrogen and oxygen atoms in total. The van der Waals surface area contributed by atoms with Gasteiger partial charge in [-0.25, -0.2) is 4.98 Å². The molecule has 25 heavy (non-hydrogen) atoms. The molecule has 2 heterocycles. The van der Waals surface area contributed by atoms with Crippen LogP contribution < -0.4 is 0 Å². The van der Waals surface area contributed by atoms with Gasteiger partial charge in [-0.1, -0.05) is 35.9 Å². The molecule has 0 radical (unpaired) electrons. The highest BCUT2D eigenvalue weighted by molar-refractivity contribution is 7.10. The predicted octanol–water partition coefficient (Wildman–Crippen LogP) is 4.32. The number of hydrogen-bond donors (Lipinski definition) is 0. The maximum atomic E-state index is 12.5. The van der Waals surface area contributed by atoms with E-state index in [4.69, 9.17) is 0 Å². The third-order valence-corrected chi connectivity index (χ3v) is 4.80. The topological polar surface area (TPSA) is 66.6 Å². The van der Waals surface area contributed by atoms with Crippen molar-refractivity contribution in [3.05, 3.63) is 70.2 Å². The number of carbonyl (C=O) groups is 1. The van der Waals surface area contributed by atoms with Crippen LogP contribution in [-0.4, -0.2) is 15.8 Å². The normalized spacial score (nSPS) is 11.7. The molecule has 0 saturated carbocycles. The van der Waals surface area contributed by atoms with Gasteiger partial charge in [-0.15, -0.1) is 11.3 Å². The molecule has 0 fully saturated rings. The number of Topliss-reactive ketones (excluding diaryl/α,β-unsaturated/α-hetero) is 1. The molecule has 5 heteroatoms. The highest BCUT2D eigenvalue weighted by Crippen LogP contribution is 2.26. The second-order valence-corrected chi connectivity index (χ2v) is 6.69. The molecule has 0 aliphatic heterocycles. The number of pyridine rings is 1. The zero-order chi connectivity index (χ0) is 17.6. The van der Waals surface area contributed by atoms with Gasteiger partial charge in [0.05, 0.1) is 17.5 Å². The minimum absolute atomic E-state index is 0.0917. The number of carbonyl (C=O) groups excluding carboxylic acids is 1. The Morgan fingerprint density at radius 1 is 1.24 bits per heavy atom. The summed E-state index contributed by atoms with van der Waals surface area (Å²) in [5.74, 6) is -0.904. The first kappa shape index (κ1) is 17.0. The van der Waals surface area contributed by atoms with Crippen LogP contribution in [0.4, 0.5) is 0 Å². The van der Waals surface area contributed by atoms with Gasteiger partial charge >= 0.3 is 0 Å². The summed E-state index contributed by atoms with van der Waals surface area (Å²) in [4.78, 5) is 21.2. The van der Waals surface area contributed by atoms with Gasteiger partial charge in [0.2, 0.25) is 0 Å². The molecule has 124 valence electrons. The summed E-state index contributed by atoms with van der Waals surface area (Å²) in [7, 11) is 0. The van der Waals surface area contributed by atoms with E-state index in [0.717, 1.165) is 11.3 Å². The molecule has 0 unspecified atom stereocenters. The zero-order valence-electron chi connectivity index (χ0n) is 13.8. The van der Waals surface area contributed by atoms with E-state index in [1.807, 2.05) is 48.7 Å². The minimum atomic E-state index is -0.813. The molecule has 0 spiro atoms. The van der Waals surface area contributed by atoms with Crippen LogP contribution in [0.15, 0.2) is 54.0 Å². The highest BCUT2D eigenvalue weighted by Gasteiger charge is 2.23. The van der Waals surface area contributed by atoms with Crippen molar-refractivity contribution in [2.24, 2.45) is 0 Å². The second-order valence-electron chi connectivity index (χ2n) is 5.80. The molecule has 0 aliphatic carbocycles. The lowest BCUT2D eigenvalue weighted by Crippen LogP contribution is -2.11. The SMILES string of the molecule is Cc1cccc(CCC(=O)[C@H](C#N)c2nc(-c3ccccn3)cs2)c1. The van der Waals surface area contributed by atoms with Crippen molar-refractivity contribution in [1.29, 1.82) is 5.26 Å². The summed E-state index contributed by atoms with van der Waals surface area (Å²) < 4.78 is 0. The van der Waals surface area contributed by atoms with E-state index < -0.39 is 5.92 Å². The number of aromatic nitrogens is 2. The third-order valence-electron chi connectivity index (χ3n) is 3.89. The lowest BCUT2D eigenvalue weighted by molar-refractivity contribution is -0.119. The van der Waals surface area contributed by atoms with Gasteiger partial charge in [0.1, 0.15) is 5.01 Å². The van der Waals surface area contributed by atoms with Crippen molar-refractivity contribution in [3.63, 3.8) is 0 Å². The van der Waals surface area contributed by atoms with E-state index in [1.54, 1.807) is 6.20 Å². The molecule has 0 N–H and O–H groups in total. The Morgan fingerprint density at radius 3 is 2.84 bits per heavy atom. The minimum Gasteiger partial charge on any atom is -0.298 e. The fourth-order valence-corrected chi connectivity index (χ4v) is 3.47. The molecule has 2 aromatic heterocycles. The fraction of sp³-hybridized carbons (Fsp3) is 0.200. The number of benzene rings is 1. The number of aryl methyl sites for hydroxylation is 2. The summed E-state index contributed by atoms with van der Waals surface area (Å²) in [5, 5.41) is 11.8. The average molecular weight is 347 g/mol. The van der Waals surface area contributed by atoms with Crippen LogP contribution in [0.3, 0.4) is 0 Å². The van der Waals surface area contributed by atoms with Gasteiger partial charge in [0.25, 0.3) is 0 Å². The van der Waals surface area contributed by atoms with E-state index in [-0.39, 0.29) is 5.78 Å². The molecule has 0 amide bonds. The molecular weight excluding hydrogens is 330 g/mol.